The molecule has 10 heteroatoms. The molecular weight excluding hydrogens is 389 g/mol. The molecule has 2 aliphatic heterocycles. The standard InChI is InChI=1S/C18H22FN3O5S/c19-12-1-3-15(4-2-12)28(24,25)11-17-20-18(27-21-17)16-9-14(23)10-22(16)13-5-7-26-8-6-13/h1-4,13-14,16,23H,5-11H2. The number of aliphatic hydroxyl groups excluding tert-OH is 1. The average molecular weight is 411 g/mol. The van der Waals surface area contributed by atoms with E-state index in [1.54, 1.807) is 0 Å². The van der Waals surface area contributed by atoms with Crippen molar-refractivity contribution in [1.82, 2.24) is 15.0 Å². The minimum absolute atomic E-state index is 0.000343. The van der Waals surface area contributed by atoms with Crippen LogP contribution in [-0.4, -0.2) is 60.5 Å². The van der Waals surface area contributed by atoms with Crippen LogP contribution < -0.4 is 0 Å². The number of halogens is 1. The molecule has 2 atom stereocenters. The van der Waals surface area contributed by atoms with Crippen molar-refractivity contribution in [2.24, 2.45) is 0 Å². The predicted molar refractivity (Wildman–Crippen MR) is 95.5 cm³/mol. The number of rotatable bonds is 5. The van der Waals surface area contributed by atoms with Crippen LogP contribution in [0.4, 0.5) is 4.39 Å². The lowest BCUT2D eigenvalue weighted by Crippen LogP contribution is -2.39. The van der Waals surface area contributed by atoms with E-state index in [1.165, 1.54) is 12.1 Å². The Labute approximate surface area is 162 Å². The minimum Gasteiger partial charge on any atom is -0.392 e. The van der Waals surface area contributed by atoms with Gasteiger partial charge in [0.25, 0.3) is 0 Å². The molecule has 0 aliphatic carbocycles. The molecule has 2 aliphatic rings. The number of hydrogen-bond donors (Lipinski definition) is 1. The lowest BCUT2D eigenvalue weighted by atomic mass is 10.1. The maximum Gasteiger partial charge on any atom is 0.244 e. The summed E-state index contributed by atoms with van der Waals surface area (Å²) in [5.41, 5.74) is 0. The van der Waals surface area contributed by atoms with Crippen LogP contribution in [0.25, 0.3) is 0 Å². The van der Waals surface area contributed by atoms with Gasteiger partial charge in [-0.25, -0.2) is 12.8 Å². The number of sulfone groups is 1. The molecule has 2 fully saturated rings. The summed E-state index contributed by atoms with van der Waals surface area (Å²) in [4.78, 5) is 6.44. The Balaban J connectivity index is 1.51. The van der Waals surface area contributed by atoms with E-state index < -0.39 is 27.5 Å². The quantitative estimate of drug-likeness (QED) is 0.738. The van der Waals surface area contributed by atoms with Crippen molar-refractivity contribution >= 4 is 9.84 Å². The molecule has 4 rings (SSSR count). The molecule has 0 spiro atoms. The Morgan fingerprint density at radius 1 is 1.21 bits per heavy atom. The van der Waals surface area contributed by atoms with Crippen molar-refractivity contribution < 1.29 is 27.2 Å². The van der Waals surface area contributed by atoms with Crippen LogP contribution in [0.15, 0.2) is 33.7 Å². The third-order valence-corrected chi connectivity index (χ3v) is 6.87. The van der Waals surface area contributed by atoms with E-state index in [4.69, 9.17) is 9.26 Å². The Kier molecular flexibility index (Phi) is 5.46. The average Bonchev–Trinajstić information content (AvgIpc) is 3.29. The summed E-state index contributed by atoms with van der Waals surface area (Å²) in [5, 5.41) is 14.0. The van der Waals surface area contributed by atoms with Gasteiger partial charge in [0.15, 0.2) is 15.7 Å². The van der Waals surface area contributed by atoms with Gasteiger partial charge in [-0.15, -0.1) is 0 Å². The van der Waals surface area contributed by atoms with Crippen LogP contribution in [0.3, 0.4) is 0 Å². The first-order valence-corrected chi connectivity index (χ1v) is 10.9. The Morgan fingerprint density at radius 2 is 1.93 bits per heavy atom. The van der Waals surface area contributed by atoms with Gasteiger partial charge in [-0.1, -0.05) is 5.16 Å². The fourth-order valence-corrected chi connectivity index (χ4v) is 5.03. The van der Waals surface area contributed by atoms with Crippen molar-refractivity contribution in [1.29, 1.82) is 0 Å². The van der Waals surface area contributed by atoms with Crippen LogP contribution in [0.5, 0.6) is 0 Å². The zero-order valence-corrected chi connectivity index (χ0v) is 16.0. The van der Waals surface area contributed by atoms with Crippen LogP contribution in [-0.2, 0) is 20.3 Å². The SMILES string of the molecule is O=S(=O)(Cc1noc(C2CC(O)CN2C2CCOCC2)n1)c1ccc(F)cc1. The Hall–Kier alpha value is -1.88. The molecule has 2 saturated heterocycles. The molecule has 0 bridgehead atoms. The summed E-state index contributed by atoms with van der Waals surface area (Å²) in [7, 11) is -3.72. The van der Waals surface area contributed by atoms with Crippen molar-refractivity contribution in [2.75, 3.05) is 19.8 Å². The van der Waals surface area contributed by atoms with Crippen LogP contribution in [0, 0.1) is 5.82 Å². The number of β-amino-alcohol motifs (C(OH)–C–C–N with tert-alkyl or cyclic N) is 1. The Bertz CT molecular complexity index is 912. The van der Waals surface area contributed by atoms with Gasteiger partial charge in [0.1, 0.15) is 11.6 Å². The van der Waals surface area contributed by atoms with Gasteiger partial charge in [0.2, 0.25) is 5.89 Å². The minimum atomic E-state index is -3.72. The third kappa shape index (κ3) is 4.09. The van der Waals surface area contributed by atoms with Crippen LogP contribution >= 0.6 is 0 Å². The van der Waals surface area contributed by atoms with Gasteiger partial charge >= 0.3 is 0 Å². The number of benzene rings is 1. The van der Waals surface area contributed by atoms with Gasteiger partial charge in [-0.2, -0.15) is 4.98 Å². The molecule has 2 aromatic rings. The fraction of sp³-hybridized carbons (Fsp3) is 0.556. The fourth-order valence-electron chi connectivity index (χ4n) is 3.86. The van der Waals surface area contributed by atoms with E-state index in [-0.39, 0.29) is 22.8 Å². The van der Waals surface area contributed by atoms with E-state index in [9.17, 15) is 17.9 Å². The summed E-state index contributed by atoms with van der Waals surface area (Å²) in [6.45, 7) is 1.87. The van der Waals surface area contributed by atoms with Crippen molar-refractivity contribution in [3.63, 3.8) is 0 Å². The van der Waals surface area contributed by atoms with Gasteiger partial charge in [-0.05, 0) is 43.5 Å². The smallest absolute Gasteiger partial charge is 0.244 e. The maximum absolute atomic E-state index is 13.0. The zero-order chi connectivity index (χ0) is 19.7. The molecular formula is C18H22FN3O5S. The number of likely N-dealkylation sites (tertiary alicyclic amines) is 1. The number of nitrogens with zero attached hydrogens (tertiary/aromatic N) is 3. The first-order chi connectivity index (χ1) is 13.4. The third-order valence-electron chi connectivity index (χ3n) is 5.24. The summed E-state index contributed by atoms with van der Waals surface area (Å²) in [6, 6.07) is 4.64. The predicted octanol–water partition coefficient (Wildman–Crippen LogP) is 1.47. The highest BCUT2D eigenvalue weighted by Gasteiger charge is 2.40. The molecule has 1 aromatic heterocycles. The summed E-state index contributed by atoms with van der Waals surface area (Å²) in [6.07, 6.45) is 1.70. The van der Waals surface area contributed by atoms with Crippen LogP contribution in [0.1, 0.15) is 37.0 Å². The number of aromatic nitrogens is 2. The lowest BCUT2D eigenvalue weighted by molar-refractivity contribution is 0.0214. The van der Waals surface area contributed by atoms with E-state index in [0.29, 0.717) is 32.1 Å². The van der Waals surface area contributed by atoms with E-state index >= 15 is 0 Å². The molecule has 1 N–H and O–H groups in total. The first-order valence-electron chi connectivity index (χ1n) is 9.25. The van der Waals surface area contributed by atoms with Gasteiger partial charge in [-0.3, -0.25) is 4.90 Å². The molecule has 0 amide bonds. The second kappa shape index (κ2) is 7.86. The van der Waals surface area contributed by atoms with E-state index in [0.717, 1.165) is 25.0 Å². The van der Waals surface area contributed by atoms with E-state index in [1.807, 2.05) is 0 Å². The monoisotopic (exact) mass is 411 g/mol. The summed E-state index contributed by atoms with van der Waals surface area (Å²) in [5.74, 6) is -0.580. The van der Waals surface area contributed by atoms with Crippen molar-refractivity contribution in [3.05, 3.63) is 41.8 Å². The van der Waals surface area contributed by atoms with Crippen molar-refractivity contribution in [2.45, 2.75) is 48.1 Å². The topological polar surface area (TPSA) is 106 Å². The number of ether oxygens (including phenoxy) is 1. The molecule has 2 unspecified atom stereocenters. The molecule has 1 aromatic carbocycles. The summed E-state index contributed by atoms with van der Waals surface area (Å²) < 4.78 is 48.8. The molecule has 0 saturated carbocycles. The van der Waals surface area contributed by atoms with Gasteiger partial charge in [0.05, 0.1) is 17.0 Å². The summed E-state index contributed by atoms with van der Waals surface area (Å²) >= 11 is 0. The molecule has 3 heterocycles. The molecule has 28 heavy (non-hydrogen) atoms. The normalized spacial score (nSPS) is 24.6. The van der Waals surface area contributed by atoms with Gasteiger partial charge in [0, 0.05) is 25.8 Å². The second-order valence-electron chi connectivity index (χ2n) is 7.21. The van der Waals surface area contributed by atoms with Crippen LogP contribution in [0.2, 0.25) is 0 Å². The zero-order valence-electron chi connectivity index (χ0n) is 15.2. The highest BCUT2D eigenvalue weighted by Crippen LogP contribution is 2.35. The van der Waals surface area contributed by atoms with Gasteiger partial charge < -0.3 is 14.4 Å². The number of aliphatic hydroxyl groups is 1. The largest absolute Gasteiger partial charge is 0.392 e. The van der Waals surface area contributed by atoms with Crippen molar-refractivity contribution in [3.8, 4) is 0 Å². The highest BCUT2D eigenvalue weighted by atomic mass is 32.2. The molecule has 0 radical (unpaired) electrons. The lowest BCUT2D eigenvalue weighted by Gasteiger charge is -2.33. The van der Waals surface area contributed by atoms with E-state index in [2.05, 4.69) is 15.0 Å². The highest BCUT2D eigenvalue weighted by molar-refractivity contribution is 7.90. The first kappa shape index (κ1) is 19.4. The maximum atomic E-state index is 13.0. The second-order valence-corrected chi connectivity index (χ2v) is 9.20. The molecule has 152 valence electrons. The number of hydrogen-bond acceptors (Lipinski definition) is 8. The Morgan fingerprint density at radius 3 is 2.64 bits per heavy atom. The molecule has 8 nitrogen and oxygen atoms in total.